The van der Waals surface area contributed by atoms with Gasteiger partial charge in [-0.25, -0.2) is 13.4 Å². The summed E-state index contributed by atoms with van der Waals surface area (Å²) in [4.78, 5) is 23.2. The topological polar surface area (TPSA) is 128 Å². The van der Waals surface area contributed by atoms with Crippen molar-refractivity contribution in [2.75, 3.05) is 6.26 Å². The van der Waals surface area contributed by atoms with Gasteiger partial charge in [0.2, 0.25) is 0 Å². The summed E-state index contributed by atoms with van der Waals surface area (Å²) >= 11 is 7.07. The molecule has 0 atom stereocenters. The van der Waals surface area contributed by atoms with Gasteiger partial charge in [0, 0.05) is 23.9 Å². The van der Waals surface area contributed by atoms with Gasteiger partial charge >= 0.3 is 6.18 Å². The molecule has 0 radical (unpaired) electrons. The molecule has 5 aromatic rings. The van der Waals surface area contributed by atoms with E-state index in [0.29, 0.717) is 21.7 Å². The molecule has 39 heavy (non-hydrogen) atoms. The Hall–Kier alpha value is -3.49. The van der Waals surface area contributed by atoms with Crippen molar-refractivity contribution < 1.29 is 31.2 Å². The third-order valence-corrected chi connectivity index (χ3v) is 8.89. The molecule has 0 aliphatic heterocycles. The number of thiophene rings is 1. The number of alkyl halides is 3. The van der Waals surface area contributed by atoms with Crippen molar-refractivity contribution in [2.24, 2.45) is 0 Å². The van der Waals surface area contributed by atoms with Gasteiger partial charge in [0.05, 0.1) is 26.5 Å². The number of phenols is 1. The average Bonchev–Trinajstić information content (AvgIpc) is 3.47. The molecule has 4 heterocycles. The van der Waals surface area contributed by atoms with E-state index in [1.54, 1.807) is 6.07 Å². The van der Waals surface area contributed by atoms with Crippen molar-refractivity contribution in [3.63, 3.8) is 0 Å². The maximum Gasteiger partial charge on any atom is 0.436 e. The fourth-order valence-electron chi connectivity index (χ4n) is 4.34. The normalized spacial score (nSPS) is 14.5. The quantitative estimate of drug-likeness (QED) is 0.287. The number of halogens is 4. The Balaban J connectivity index is 1.64. The number of hydrogen-bond acceptors (Lipinski definition) is 9. The highest BCUT2D eigenvalue weighted by molar-refractivity contribution is 7.90. The monoisotopic (exact) mass is 596 g/mol. The first-order chi connectivity index (χ1) is 18.3. The third-order valence-electron chi connectivity index (χ3n) is 6.40. The number of hydrogen-bond donors (Lipinski definition) is 1. The number of rotatable bonds is 5. The minimum atomic E-state index is -4.75. The Morgan fingerprint density at radius 3 is 2.64 bits per heavy atom. The maximum absolute atomic E-state index is 13.9. The second-order valence-corrected chi connectivity index (χ2v) is 12.6. The largest absolute Gasteiger partial charge is 0.505 e. The van der Waals surface area contributed by atoms with Crippen LogP contribution in [0.5, 0.6) is 5.75 Å². The van der Waals surface area contributed by atoms with Crippen molar-refractivity contribution >= 4 is 53.1 Å². The van der Waals surface area contributed by atoms with E-state index in [0.717, 1.165) is 41.2 Å². The number of benzene rings is 1. The summed E-state index contributed by atoms with van der Waals surface area (Å²) in [7, 11) is -3.59. The molecule has 0 unspecified atom stereocenters. The lowest BCUT2D eigenvalue weighted by Crippen LogP contribution is -2.24. The summed E-state index contributed by atoms with van der Waals surface area (Å²) in [5, 5.41) is 14.1. The van der Waals surface area contributed by atoms with Gasteiger partial charge in [-0.1, -0.05) is 22.8 Å². The summed E-state index contributed by atoms with van der Waals surface area (Å²) in [6, 6.07) is 5.16. The fourth-order valence-corrected chi connectivity index (χ4v) is 6.25. The lowest BCUT2D eigenvalue weighted by atomic mass is 10.1. The first kappa shape index (κ1) is 25.8. The highest BCUT2D eigenvalue weighted by Gasteiger charge is 2.36. The summed E-state index contributed by atoms with van der Waals surface area (Å²) in [5.41, 5.74) is -1.10. The van der Waals surface area contributed by atoms with Crippen LogP contribution < -0.4 is 5.56 Å². The summed E-state index contributed by atoms with van der Waals surface area (Å²) in [6.45, 7) is -0.462. The molecule has 1 aromatic carbocycles. The molecule has 0 bridgehead atoms. The molecule has 4 aromatic heterocycles. The van der Waals surface area contributed by atoms with Crippen molar-refractivity contribution in [2.45, 2.75) is 36.4 Å². The van der Waals surface area contributed by atoms with Crippen LogP contribution in [0.25, 0.3) is 31.8 Å². The Labute approximate surface area is 226 Å². The molecule has 1 aliphatic rings. The number of phenolic OH excluding ortho intramolecular Hbond substituents is 1. The summed E-state index contributed by atoms with van der Waals surface area (Å²) in [6.07, 6.45) is -1.01. The smallest absolute Gasteiger partial charge is 0.436 e. The number of sulfone groups is 1. The molecule has 1 N–H and O–H groups in total. The molecule has 9 nitrogen and oxygen atoms in total. The standard InChI is InChI=1S/C24H16ClF3N4O5S2/c1-39(35,36)12-7-14(10-2-3-10)18(29-8-12)21-30-22-17(13-4-5-15(25)19(33)20(13)38-22)23(34)32(21)9-11-6-16(31-37-11)24(26,27)28/h4-8,10,33H,2-3,9H2,1H3. The van der Waals surface area contributed by atoms with E-state index in [-0.39, 0.29) is 49.1 Å². The van der Waals surface area contributed by atoms with E-state index >= 15 is 0 Å². The van der Waals surface area contributed by atoms with Crippen molar-refractivity contribution in [3.8, 4) is 17.3 Å². The Morgan fingerprint density at radius 2 is 2.00 bits per heavy atom. The average molecular weight is 597 g/mol. The Kier molecular flexibility index (Phi) is 5.79. The van der Waals surface area contributed by atoms with E-state index in [9.17, 15) is 31.5 Å². The molecule has 202 valence electrons. The molecule has 0 spiro atoms. The molecule has 0 amide bonds. The number of pyridine rings is 1. The summed E-state index contributed by atoms with van der Waals surface area (Å²) in [5.74, 6) is -0.499. The van der Waals surface area contributed by atoms with Crippen LogP contribution in [0, 0.1) is 0 Å². The number of nitrogens with zero attached hydrogens (tertiary/aromatic N) is 4. The van der Waals surface area contributed by atoms with Crippen molar-refractivity contribution in [1.82, 2.24) is 19.7 Å². The lowest BCUT2D eigenvalue weighted by Gasteiger charge is -2.14. The van der Waals surface area contributed by atoms with Gasteiger partial charge in [-0.3, -0.25) is 14.3 Å². The molecular formula is C24H16ClF3N4O5S2. The maximum atomic E-state index is 13.9. The predicted molar refractivity (Wildman–Crippen MR) is 137 cm³/mol. The van der Waals surface area contributed by atoms with Gasteiger partial charge in [-0.2, -0.15) is 13.2 Å². The van der Waals surface area contributed by atoms with Crippen molar-refractivity contribution in [3.05, 3.63) is 62.9 Å². The molecular weight excluding hydrogens is 581 g/mol. The van der Waals surface area contributed by atoms with E-state index in [4.69, 9.17) is 16.1 Å². The minimum absolute atomic E-state index is 0.00500. The first-order valence-electron chi connectivity index (χ1n) is 11.4. The minimum Gasteiger partial charge on any atom is -0.505 e. The lowest BCUT2D eigenvalue weighted by molar-refractivity contribution is -0.142. The fraction of sp³-hybridized carbons (Fsp3) is 0.250. The van der Waals surface area contributed by atoms with Gasteiger partial charge in [0.15, 0.2) is 32.9 Å². The van der Waals surface area contributed by atoms with Gasteiger partial charge in [-0.15, -0.1) is 11.3 Å². The zero-order valence-corrected chi connectivity index (χ0v) is 22.2. The molecule has 1 saturated carbocycles. The first-order valence-corrected chi connectivity index (χ1v) is 14.5. The van der Waals surface area contributed by atoms with Crippen molar-refractivity contribution in [1.29, 1.82) is 0 Å². The zero-order chi connectivity index (χ0) is 27.9. The highest BCUT2D eigenvalue weighted by Crippen LogP contribution is 2.45. The van der Waals surface area contributed by atoms with Gasteiger partial charge in [-0.05, 0) is 36.5 Å². The van der Waals surface area contributed by atoms with Crippen LogP contribution in [0.2, 0.25) is 5.02 Å². The Morgan fingerprint density at radius 1 is 1.26 bits per heavy atom. The van der Waals surface area contributed by atoms with Gasteiger partial charge < -0.3 is 9.63 Å². The molecule has 0 saturated heterocycles. The van der Waals surface area contributed by atoms with Crippen LogP contribution in [0.3, 0.4) is 0 Å². The van der Waals surface area contributed by atoms with Crippen LogP contribution in [-0.2, 0) is 22.6 Å². The number of aromatic nitrogens is 4. The molecule has 1 fully saturated rings. The number of aromatic hydroxyl groups is 1. The SMILES string of the molecule is CS(=O)(=O)c1cnc(-c2nc3sc4c(O)c(Cl)ccc4c3c(=O)n2Cc2cc(C(F)(F)F)no2)c(C2CC2)c1. The zero-order valence-electron chi connectivity index (χ0n) is 19.8. The van der Waals surface area contributed by atoms with Crippen LogP contribution in [0.15, 0.2) is 44.7 Å². The molecule has 6 rings (SSSR count). The third kappa shape index (κ3) is 4.45. The Bertz CT molecular complexity index is 1980. The van der Waals surface area contributed by atoms with Gasteiger partial charge in [0.1, 0.15) is 10.5 Å². The molecule has 1 aliphatic carbocycles. The predicted octanol–water partition coefficient (Wildman–Crippen LogP) is 5.37. The van der Waals surface area contributed by atoms with Crippen LogP contribution in [0.4, 0.5) is 13.2 Å². The highest BCUT2D eigenvalue weighted by atomic mass is 35.5. The summed E-state index contributed by atoms with van der Waals surface area (Å²) < 4.78 is 70.2. The van der Waals surface area contributed by atoms with E-state index in [1.165, 1.54) is 12.1 Å². The van der Waals surface area contributed by atoms with Crippen LogP contribution in [0.1, 0.15) is 35.8 Å². The van der Waals surface area contributed by atoms with Gasteiger partial charge in [0.25, 0.3) is 5.56 Å². The van der Waals surface area contributed by atoms with E-state index < -0.39 is 33.8 Å². The second-order valence-electron chi connectivity index (χ2n) is 9.21. The van der Waals surface area contributed by atoms with Crippen LogP contribution in [-0.4, -0.2) is 39.5 Å². The van der Waals surface area contributed by atoms with Crippen LogP contribution >= 0.6 is 22.9 Å². The molecule has 15 heteroatoms. The number of fused-ring (bicyclic) bond motifs is 3. The van der Waals surface area contributed by atoms with E-state index in [2.05, 4.69) is 15.1 Å². The van der Waals surface area contributed by atoms with E-state index in [1.807, 2.05) is 0 Å². The second kappa shape index (κ2) is 8.76.